The minimum Gasteiger partial charge on any atom is -0.489 e. The number of anilines is 2. The van der Waals surface area contributed by atoms with E-state index >= 15 is 0 Å². The summed E-state index contributed by atoms with van der Waals surface area (Å²) in [6.45, 7) is 0.449. The predicted octanol–water partition coefficient (Wildman–Crippen LogP) is 5.01. The number of benzene rings is 4. The lowest BCUT2D eigenvalue weighted by Gasteiger charge is -2.09. The van der Waals surface area contributed by atoms with Crippen LogP contribution in [-0.4, -0.2) is 5.78 Å². The van der Waals surface area contributed by atoms with Crippen LogP contribution in [0.1, 0.15) is 21.5 Å². The number of rotatable bonds is 6. The van der Waals surface area contributed by atoms with Gasteiger partial charge in [-0.25, -0.2) is 0 Å². The number of ether oxygens (including phenoxy) is 1. The molecule has 0 unspecified atom stereocenters. The van der Waals surface area contributed by atoms with Crippen molar-refractivity contribution in [3.63, 3.8) is 0 Å². The molecule has 0 aliphatic heterocycles. The molecule has 0 saturated heterocycles. The number of hydrogen-bond acceptors (Lipinski definition) is 4. The van der Waals surface area contributed by atoms with Crippen molar-refractivity contribution in [1.82, 2.24) is 0 Å². The fraction of sp³-hybridized carbons (Fsp3) is 0.0800. The minimum absolute atomic E-state index is 0.0470. The molecule has 4 rings (SSSR count). The van der Waals surface area contributed by atoms with Crippen LogP contribution in [0.25, 0.3) is 10.8 Å². The number of nitrogen functional groups attached to an aromatic ring is 2. The molecule has 0 aliphatic rings. The second-order valence-electron chi connectivity index (χ2n) is 7.10. The summed E-state index contributed by atoms with van der Waals surface area (Å²) in [4.78, 5) is 12.6. The molecule has 0 aromatic heterocycles. The first-order chi connectivity index (χ1) is 14.1. The summed E-state index contributed by atoms with van der Waals surface area (Å²) >= 11 is 0. The molecule has 4 aromatic rings. The Kier molecular flexibility index (Phi) is 5.16. The number of carbonyl (C=O) groups excluding carboxylic acids is 1. The second kappa shape index (κ2) is 8.07. The molecule has 0 atom stereocenters. The van der Waals surface area contributed by atoms with Crippen molar-refractivity contribution in [2.45, 2.75) is 13.0 Å². The Morgan fingerprint density at radius 3 is 2.28 bits per heavy atom. The summed E-state index contributed by atoms with van der Waals surface area (Å²) in [5.74, 6) is 0.824. The molecule has 0 spiro atoms. The topological polar surface area (TPSA) is 78.3 Å². The van der Waals surface area contributed by atoms with Crippen molar-refractivity contribution in [2.75, 3.05) is 11.5 Å². The first-order valence-electron chi connectivity index (χ1n) is 9.45. The van der Waals surface area contributed by atoms with E-state index in [-0.39, 0.29) is 5.78 Å². The van der Waals surface area contributed by atoms with E-state index in [0.29, 0.717) is 24.3 Å². The van der Waals surface area contributed by atoms with Gasteiger partial charge < -0.3 is 16.2 Å². The minimum atomic E-state index is 0.0470. The monoisotopic (exact) mass is 382 g/mol. The molecule has 0 aliphatic carbocycles. The first kappa shape index (κ1) is 18.6. The summed E-state index contributed by atoms with van der Waals surface area (Å²) in [7, 11) is 0. The Bertz CT molecular complexity index is 1180. The normalized spacial score (nSPS) is 10.8. The third-order valence-electron chi connectivity index (χ3n) is 4.81. The van der Waals surface area contributed by atoms with E-state index in [1.54, 1.807) is 24.3 Å². The highest BCUT2D eigenvalue weighted by Crippen LogP contribution is 2.24. The maximum Gasteiger partial charge on any atom is 0.167 e. The van der Waals surface area contributed by atoms with Gasteiger partial charge in [-0.3, -0.25) is 4.79 Å². The van der Waals surface area contributed by atoms with Gasteiger partial charge in [0.1, 0.15) is 12.4 Å². The van der Waals surface area contributed by atoms with Crippen LogP contribution in [-0.2, 0) is 13.0 Å². The number of ketones is 1. The van der Waals surface area contributed by atoms with Crippen LogP contribution in [0.3, 0.4) is 0 Å². The van der Waals surface area contributed by atoms with Gasteiger partial charge >= 0.3 is 0 Å². The molecule has 0 bridgehead atoms. The van der Waals surface area contributed by atoms with Crippen molar-refractivity contribution < 1.29 is 9.53 Å². The van der Waals surface area contributed by atoms with E-state index in [0.717, 1.165) is 33.3 Å². The van der Waals surface area contributed by atoms with Crippen molar-refractivity contribution in [2.24, 2.45) is 0 Å². The fourth-order valence-electron chi connectivity index (χ4n) is 3.32. The number of fused-ring (bicyclic) bond motifs is 1. The Hall–Kier alpha value is -3.79. The smallest absolute Gasteiger partial charge is 0.167 e. The molecule has 0 heterocycles. The van der Waals surface area contributed by atoms with Gasteiger partial charge in [0.2, 0.25) is 0 Å². The Balaban J connectivity index is 1.51. The molecular weight excluding hydrogens is 360 g/mol. The number of hydrogen-bond donors (Lipinski definition) is 2. The van der Waals surface area contributed by atoms with Crippen LogP contribution < -0.4 is 16.2 Å². The summed E-state index contributed by atoms with van der Waals surface area (Å²) < 4.78 is 5.92. The molecule has 0 fully saturated rings. The van der Waals surface area contributed by atoms with Crippen LogP contribution in [0.4, 0.5) is 11.4 Å². The molecule has 0 radical (unpaired) electrons. The van der Waals surface area contributed by atoms with Gasteiger partial charge in [-0.1, -0.05) is 48.5 Å². The summed E-state index contributed by atoms with van der Waals surface area (Å²) in [5, 5.41) is 2.13. The summed E-state index contributed by atoms with van der Waals surface area (Å²) in [5.41, 5.74) is 15.5. The molecule has 0 amide bonds. The van der Waals surface area contributed by atoms with E-state index < -0.39 is 0 Å². The highest BCUT2D eigenvalue weighted by atomic mass is 16.5. The zero-order valence-corrected chi connectivity index (χ0v) is 16.0. The van der Waals surface area contributed by atoms with E-state index in [1.165, 1.54) is 0 Å². The number of Topliss-reactive ketones (excluding diaryl/α,β-unsaturated/α-hetero) is 1. The van der Waals surface area contributed by atoms with Crippen molar-refractivity contribution in [3.05, 3.63) is 102 Å². The van der Waals surface area contributed by atoms with Crippen LogP contribution in [0.5, 0.6) is 5.75 Å². The predicted molar refractivity (Wildman–Crippen MR) is 118 cm³/mol. The fourth-order valence-corrected chi connectivity index (χ4v) is 3.32. The van der Waals surface area contributed by atoms with Gasteiger partial charge in [0.05, 0.1) is 0 Å². The standard InChI is InChI=1S/C25H22N2O2/c26-22-5-1-3-18(12-22)16-29-24-10-9-19-8-7-17(11-21(19)15-24)13-25(28)20-4-2-6-23(27)14-20/h1-12,14-15H,13,16,26-27H2. The largest absolute Gasteiger partial charge is 0.489 e. The molecule has 29 heavy (non-hydrogen) atoms. The average molecular weight is 382 g/mol. The third kappa shape index (κ3) is 4.55. The van der Waals surface area contributed by atoms with E-state index in [4.69, 9.17) is 16.2 Å². The van der Waals surface area contributed by atoms with Crippen molar-refractivity contribution in [3.8, 4) is 5.75 Å². The molecule has 4 nitrogen and oxygen atoms in total. The van der Waals surface area contributed by atoms with E-state index in [9.17, 15) is 4.79 Å². The van der Waals surface area contributed by atoms with Gasteiger partial charge in [0, 0.05) is 23.4 Å². The van der Waals surface area contributed by atoms with Gasteiger partial charge in [-0.2, -0.15) is 0 Å². The summed E-state index contributed by atoms with van der Waals surface area (Å²) in [6.07, 6.45) is 0.327. The Morgan fingerprint density at radius 1 is 0.724 bits per heavy atom. The van der Waals surface area contributed by atoms with Gasteiger partial charge in [0.15, 0.2) is 5.78 Å². The molecule has 4 aromatic carbocycles. The maximum absolute atomic E-state index is 12.6. The van der Waals surface area contributed by atoms with Crippen LogP contribution in [0.2, 0.25) is 0 Å². The van der Waals surface area contributed by atoms with Crippen LogP contribution in [0, 0.1) is 0 Å². The van der Waals surface area contributed by atoms with Gasteiger partial charge in [-0.15, -0.1) is 0 Å². The SMILES string of the molecule is Nc1cccc(COc2ccc3ccc(CC(=O)c4cccc(N)c4)cc3c2)c1. The lowest BCUT2D eigenvalue weighted by Crippen LogP contribution is -2.04. The van der Waals surface area contributed by atoms with Gasteiger partial charge in [-0.05, 0) is 58.3 Å². The van der Waals surface area contributed by atoms with Crippen LogP contribution >= 0.6 is 0 Å². The van der Waals surface area contributed by atoms with Crippen LogP contribution in [0.15, 0.2) is 84.9 Å². The third-order valence-corrected chi connectivity index (χ3v) is 4.81. The Morgan fingerprint density at radius 2 is 1.48 bits per heavy atom. The highest BCUT2D eigenvalue weighted by Gasteiger charge is 2.08. The number of carbonyl (C=O) groups is 1. The van der Waals surface area contributed by atoms with Crippen molar-refractivity contribution in [1.29, 1.82) is 0 Å². The molecule has 4 N–H and O–H groups in total. The van der Waals surface area contributed by atoms with E-state index in [2.05, 4.69) is 0 Å². The first-order valence-corrected chi connectivity index (χ1v) is 9.45. The Labute approximate surface area is 169 Å². The van der Waals surface area contributed by atoms with Gasteiger partial charge in [0.25, 0.3) is 0 Å². The summed E-state index contributed by atoms with van der Waals surface area (Å²) in [6, 6.07) is 26.8. The lowest BCUT2D eigenvalue weighted by atomic mass is 10.00. The number of nitrogens with two attached hydrogens (primary N) is 2. The quantitative estimate of drug-likeness (QED) is 0.363. The van der Waals surface area contributed by atoms with E-state index in [1.807, 2.05) is 60.7 Å². The lowest BCUT2D eigenvalue weighted by molar-refractivity contribution is 0.0993. The average Bonchev–Trinajstić information content (AvgIpc) is 2.72. The van der Waals surface area contributed by atoms with Crippen molar-refractivity contribution >= 4 is 27.9 Å². The molecule has 144 valence electrons. The molecular formula is C25H22N2O2. The zero-order chi connectivity index (χ0) is 20.2. The molecule has 4 heteroatoms. The molecule has 0 saturated carbocycles. The highest BCUT2D eigenvalue weighted by molar-refractivity contribution is 5.98. The zero-order valence-electron chi connectivity index (χ0n) is 16.0. The maximum atomic E-state index is 12.6. The second-order valence-corrected chi connectivity index (χ2v) is 7.10.